The number of ketones is 1. The third-order valence-corrected chi connectivity index (χ3v) is 11.3. The van der Waals surface area contributed by atoms with Gasteiger partial charge in [-0.05, 0) is 74.4 Å². The van der Waals surface area contributed by atoms with Gasteiger partial charge in [-0.15, -0.1) is 0 Å². The van der Waals surface area contributed by atoms with E-state index in [0.29, 0.717) is 19.3 Å². The number of hydrogen-bond donors (Lipinski definition) is 0. The Balaban J connectivity index is 0.000000204. The van der Waals surface area contributed by atoms with Crippen LogP contribution in [0.5, 0.6) is 0 Å². The molecule has 2 atom stereocenters. The highest BCUT2D eigenvalue weighted by Gasteiger charge is 2.62. The molecule has 3 aromatic rings. The summed E-state index contributed by atoms with van der Waals surface area (Å²) in [4.78, 5) is 39.5. The third-order valence-electron chi connectivity index (χ3n) is 9.03. The number of Topliss-reactive ketones (excluding diaryl/α,β-unsaturated/α-hetero) is 1. The number of alkyl halides is 6. The highest BCUT2D eigenvalue weighted by atomic mass is 32.2. The highest BCUT2D eigenvalue weighted by molar-refractivity contribution is 7.97. The summed E-state index contributed by atoms with van der Waals surface area (Å²) in [7, 11) is -0.0146. The van der Waals surface area contributed by atoms with Gasteiger partial charge in [0.1, 0.15) is 5.78 Å². The van der Waals surface area contributed by atoms with E-state index < -0.39 is 48.3 Å². The van der Waals surface area contributed by atoms with Crippen molar-refractivity contribution in [1.82, 2.24) is 0 Å². The Bertz CT molecular complexity index is 1470. The summed E-state index contributed by atoms with van der Waals surface area (Å²) >= 11 is 0. The van der Waals surface area contributed by atoms with E-state index >= 15 is 0 Å². The number of carbonyl (C=O) groups excluding carboxylic acids is 3. The van der Waals surface area contributed by atoms with Crippen LogP contribution in [0.4, 0.5) is 26.3 Å². The van der Waals surface area contributed by atoms with Crippen LogP contribution in [0.3, 0.4) is 0 Å². The Morgan fingerprint density at radius 1 is 0.688 bits per heavy atom. The topological polar surface area (TPSA) is 69.7 Å². The normalized spacial score (nSPS) is 23.3. The molecule has 0 amide bonds. The van der Waals surface area contributed by atoms with Crippen molar-refractivity contribution >= 4 is 28.6 Å². The minimum Gasteiger partial charge on any atom is -0.459 e. The second kappa shape index (κ2) is 14.0. The maximum Gasteiger partial charge on any atom is 0.376 e. The zero-order valence-electron chi connectivity index (χ0n) is 26.1. The van der Waals surface area contributed by atoms with Crippen molar-refractivity contribution in [2.24, 2.45) is 23.2 Å². The van der Waals surface area contributed by atoms with Gasteiger partial charge in [0.25, 0.3) is 0 Å². The molecule has 4 saturated carbocycles. The summed E-state index contributed by atoms with van der Waals surface area (Å²) in [6, 6.07) is 32.2. The molecule has 3 aromatic carbocycles. The lowest BCUT2D eigenvalue weighted by atomic mass is 9.49. The quantitative estimate of drug-likeness (QED) is 0.122. The number of halogens is 6. The molecule has 4 aliphatic rings. The van der Waals surface area contributed by atoms with Crippen molar-refractivity contribution in [3.05, 3.63) is 91.0 Å². The lowest BCUT2D eigenvalue weighted by Crippen LogP contribution is -2.56. The van der Waals surface area contributed by atoms with Gasteiger partial charge in [-0.25, -0.2) is 4.79 Å². The molecule has 256 valence electrons. The Morgan fingerprint density at radius 3 is 1.48 bits per heavy atom. The molecule has 4 aliphatic carbocycles. The molecule has 4 fully saturated rings. The Morgan fingerprint density at radius 2 is 1.08 bits per heavy atom. The van der Waals surface area contributed by atoms with Gasteiger partial charge in [-0.2, -0.15) is 26.3 Å². The van der Waals surface area contributed by atoms with E-state index in [0.717, 1.165) is 0 Å². The number of esters is 2. The maximum atomic E-state index is 13.9. The van der Waals surface area contributed by atoms with Crippen molar-refractivity contribution in [2.45, 2.75) is 71.5 Å². The van der Waals surface area contributed by atoms with Crippen LogP contribution in [0.15, 0.2) is 106 Å². The first-order chi connectivity index (χ1) is 22.6. The number of hydrogen-bond acceptors (Lipinski definition) is 5. The maximum absolute atomic E-state index is 13.9. The Labute approximate surface area is 277 Å². The standard InChI is InChI=1S/C18H20F6O5.C18H15S/c1-15(19,20)13(26)28-7-17(21,22)18(23,24)8-29-14(27)16-4-9-2-10(5-16)12(25)11(3-9)6-16;1-4-10-16(11-5-1)19(17-12-6-2-7-13-17)18-14-8-3-9-15-18/h9-11H,2-8H2,1H3;1-15H/q;+1. The third kappa shape index (κ3) is 7.74. The average Bonchev–Trinajstić information content (AvgIpc) is 3.06. The second-order valence-corrected chi connectivity index (χ2v) is 14.7. The van der Waals surface area contributed by atoms with Crippen molar-refractivity contribution in [3.63, 3.8) is 0 Å². The van der Waals surface area contributed by atoms with E-state index in [-0.39, 0.29) is 54.2 Å². The molecule has 12 heteroatoms. The Hall–Kier alpha value is -3.80. The number of ether oxygens (including phenoxy) is 2. The predicted octanol–water partition coefficient (Wildman–Crippen LogP) is 8.18. The zero-order chi connectivity index (χ0) is 34.7. The second-order valence-electron chi connectivity index (χ2n) is 12.7. The van der Waals surface area contributed by atoms with Crippen LogP contribution in [0, 0.1) is 23.2 Å². The molecule has 0 radical (unpaired) electrons. The van der Waals surface area contributed by atoms with Crippen molar-refractivity contribution in [2.75, 3.05) is 13.2 Å². The van der Waals surface area contributed by atoms with Crippen molar-refractivity contribution in [1.29, 1.82) is 0 Å². The van der Waals surface area contributed by atoms with E-state index in [1.54, 1.807) is 0 Å². The molecule has 48 heavy (non-hydrogen) atoms. The largest absolute Gasteiger partial charge is 0.459 e. The first-order valence-electron chi connectivity index (χ1n) is 15.5. The minimum atomic E-state index is -5.02. The first kappa shape index (κ1) is 35.5. The van der Waals surface area contributed by atoms with Crippen LogP contribution >= 0.6 is 0 Å². The number of benzene rings is 3. The molecule has 7 rings (SSSR count). The summed E-state index contributed by atoms with van der Waals surface area (Å²) in [5.74, 6) is -18.0. The average molecular weight is 694 g/mol. The molecular weight excluding hydrogens is 658 g/mol. The van der Waals surface area contributed by atoms with Gasteiger partial charge < -0.3 is 9.47 Å². The zero-order valence-corrected chi connectivity index (χ0v) is 26.9. The van der Waals surface area contributed by atoms with E-state index in [1.807, 2.05) is 0 Å². The first-order valence-corrected chi connectivity index (χ1v) is 16.8. The fourth-order valence-electron chi connectivity index (χ4n) is 6.88. The number of carbonyl (C=O) groups is 3. The van der Waals surface area contributed by atoms with Crippen LogP contribution in [0.25, 0.3) is 0 Å². The van der Waals surface area contributed by atoms with Crippen molar-refractivity contribution < 1.29 is 50.2 Å². The van der Waals surface area contributed by atoms with Gasteiger partial charge in [-0.1, -0.05) is 54.6 Å². The monoisotopic (exact) mass is 693 g/mol. The molecular formula is C36H35F6O5S+. The summed E-state index contributed by atoms with van der Waals surface area (Å²) < 4.78 is 88.5. The molecule has 2 unspecified atom stereocenters. The molecule has 0 aromatic heterocycles. The van der Waals surface area contributed by atoms with Crippen LogP contribution < -0.4 is 0 Å². The molecule has 5 nitrogen and oxygen atoms in total. The molecule has 0 saturated heterocycles. The van der Waals surface area contributed by atoms with Gasteiger partial charge in [0, 0.05) is 18.8 Å². The van der Waals surface area contributed by atoms with E-state index in [1.165, 1.54) is 14.7 Å². The van der Waals surface area contributed by atoms with Gasteiger partial charge in [0.15, 0.2) is 27.9 Å². The molecule has 0 aliphatic heterocycles. The SMILES string of the molecule is CC(F)(F)C(=O)OCC(F)(F)C(F)(F)COC(=O)C12CC3CC(C1)C(=O)C(C3)C2.c1ccc([S+](c2ccccc2)c2ccccc2)cc1. The highest BCUT2D eigenvalue weighted by Crippen LogP contribution is 2.59. The fraction of sp³-hybridized carbons (Fsp3) is 0.417. The summed E-state index contributed by atoms with van der Waals surface area (Å²) in [5, 5.41) is 0. The van der Waals surface area contributed by atoms with Crippen LogP contribution in [-0.2, 0) is 34.8 Å². The summed E-state index contributed by atoms with van der Waals surface area (Å²) in [6.07, 6.45) is 1.93. The Kier molecular flexibility index (Phi) is 10.3. The summed E-state index contributed by atoms with van der Waals surface area (Å²) in [5.41, 5.74) is -1.13. The smallest absolute Gasteiger partial charge is 0.376 e. The van der Waals surface area contributed by atoms with Gasteiger partial charge in [0.2, 0.25) is 0 Å². The van der Waals surface area contributed by atoms with Gasteiger partial charge in [0.05, 0.1) is 16.3 Å². The van der Waals surface area contributed by atoms with Crippen LogP contribution in [-0.4, -0.2) is 48.7 Å². The molecule has 0 N–H and O–H groups in total. The molecule has 0 spiro atoms. The lowest BCUT2D eigenvalue weighted by Gasteiger charge is -2.54. The van der Waals surface area contributed by atoms with E-state index in [2.05, 4.69) is 100 Å². The lowest BCUT2D eigenvalue weighted by molar-refractivity contribution is -0.253. The molecule has 0 heterocycles. The van der Waals surface area contributed by atoms with Gasteiger partial charge in [-0.3, -0.25) is 9.59 Å². The number of rotatable bonds is 10. The van der Waals surface area contributed by atoms with E-state index in [9.17, 15) is 40.7 Å². The minimum absolute atomic E-state index is 0.0146. The van der Waals surface area contributed by atoms with Crippen LogP contribution in [0.2, 0.25) is 0 Å². The van der Waals surface area contributed by atoms with Crippen LogP contribution in [0.1, 0.15) is 39.0 Å². The van der Waals surface area contributed by atoms with E-state index in [4.69, 9.17) is 0 Å². The molecule has 4 bridgehead atoms. The van der Waals surface area contributed by atoms with Crippen molar-refractivity contribution in [3.8, 4) is 0 Å². The summed E-state index contributed by atoms with van der Waals surface area (Å²) in [6.45, 7) is -4.20. The predicted molar refractivity (Wildman–Crippen MR) is 165 cm³/mol. The fourth-order valence-corrected chi connectivity index (χ4v) is 8.98. The van der Waals surface area contributed by atoms with Gasteiger partial charge >= 0.3 is 29.7 Å².